The number of hydrogen-bond donors (Lipinski definition) is 0. The van der Waals surface area contributed by atoms with Crippen molar-refractivity contribution < 1.29 is 4.74 Å². The molecule has 0 aliphatic heterocycles. The van der Waals surface area contributed by atoms with E-state index in [-0.39, 0.29) is 5.41 Å². The van der Waals surface area contributed by atoms with Gasteiger partial charge < -0.3 is 4.74 Å². The van der Waals surface area contributed by atoms with Gasteiger partial charge in [-0.25, -0.2) is 9.97 Å². The van der Waals surface area contributed by atoms with Gasteiger partial charge in [0.25, 0.3) is 0 Å². The Morgan fingerprint density at radius 3 is 2.21 bits per heavy atom. The molecule has 0 spiro atoms. The Labute approximate surface area is 84.5 Å². The first-order valence-electron chi connectivity index (χ1n) is 5.05. The number of aromatic nitrogens is 2. The zero-order chi connectivity index (χ0) is 10.2. The number of rotatable bonds is 2. The second-order valence-electron chi connectivity index (χ2n) is 4.82. The highest BCUT2D eigenvalue weighted by Crippen LogP contribution is 2.25. The molecule has 2 rings (SSSR count). The first-order chi connectivity index (χ1) is 6.55. The number of hydrogen-bond acceptors (Lipinski definition) is 3. The summed E-state index contributed by atoms with van der Waals surface area (Å²) in [7, 11) is 0. The standard InChI is InChI=1S/C11H16N2O/c1-11(2,3)8-6-12-10(13-7-8)14-9-4-5-9/h6-7,9H,4-5H2,1-3H3. The van der Waals surface area contributed by atoms with Crippen LogP contribution in [-0.2, 0) is 5.41 Å². The monoisotopic (exact) mass is 192 g/mol. The van der Waals surface area contributed by atoms with Gasteiger partial charge in [-0.1, -0.05) is 20.8 Å². The van der Waals surface area contributed by atoms with Crippen molar-refractivity contribution in [1.82, 2.24) is 9.97 Å². The summed E-state index contributed by atoms with van der Waals surface area (Å²) in [4.78, 5) is 8.38. The van der Waals surface area contributed by atoms with E-state index in [1.165, 1.54) is 0 Å². The third kappa shape index (κ3) is 2.22. The van der Waals surface area contributed by atoms with E-state index in [0.717, 1.165) is 18.4 Å². The summed E-state index contributed by atoms with van der Waals surface area (Å²) in [6.45, 7) is 6.44. The summed E-state index contributed by atoms with van der Waals surface area (Å²) < 4.78 is 5.47. The van der Waals surface area contributed by atoms with Crippen LogP contribution in [0.15, 0.2) is 12.4 Å². The lowest BCUT2D eigenvalue weighted by Gasteiger charge is -2.17. The fraction of sp³-hybridized carbons (Fsp3) is 0.636. The van der Waals surface area contributed by atoms with Crippen LogP contribution in [0.1, 0.15) is 39.2 Å². The molecule has 0 saturated heterocycles. The van der Waals surface area contributed by atoms with E-state index >= 15 is 0 Å². The second-order valence-corrected chi connectivity index (χ2v) is 4.82. The largest absolute Gasteiger partial charge is 0.460 e. The zero-order valence-corrected chi connectivity index (χ0v) is 8.95. The van der Waals surface area contributed by atoms with Crippen LogP contribution in [0.5, 0.6) is 6.01 Å². The molecule has 0 bridgehead atoms. The Kier molecular flexibility index (Phi) is 2.17. The van der Waals surface area contributed by atoms with E-state index < -0.39 is 0 Å². The van der Waals surface area contributed by atoms with Gasteiger partial charge in [-0.3, -0.25) is 0 Å². The molecule has 76 valence electrons. The van der Waals surface area contributed by atoms with Crippen LogP contribution in [0.3, 0.4) is 0 Å². The van der Waals surface area contributed by atoms with Gasteiger partial charge in [0.15, 0.2) is 0 Å². The van der Waals surface area contributed by atoms with Gasteiger partial charge >= 0.3 is 6.01 Å². The zero-order valence-electron chi connectivity index (χ0n) is 8.95. The van der Waals surface area contributed by atoms with Crippen molar-refractivity contribution in [2.24, 2.45) is 0 Å². The van der Waals surface area contributed by atoms with Crippen molar-refractivity contribution in [2.75, 3.05) is 0 Å². The average Bonchev–Trinajstić information content (AvgIpc) is 2.88. The van der Waals surface area contributed by atoms with Crippen LogP contribution in [0, 0.1) is 0 Å². The second kappa shape index (κ2) is 3.23. The molecular weight excluding hydrogens is 176 g/mol. The molecule has 0 radical (unpaired) electrons. The summed E-state index contributed by atoms with van der Waals surface area (Å²) in [5.41, 5.74) is 1.25. The van der Waals surface area contributed by atoms with Gasteiger partial charge in [-0.05, 0) is 23.8 Å². The van der Waals surface area contributed by atoms with Crippen LogP contribution >= 0.6 is 0 Å². The maximum absolute atomic E-state index is 5.47. The topological polar surface area (TPSA) is 35.0 Å². The summed E-state index contributed by atoms with van der Waals surface area (Å²) in [6, 6.07) is 0.514. The van der Waals surface area contributed by atoms with Crippen LogP contribution in [0.25, 0.3) is 0 Å². The molecule has 0 amide bonds. The van der Waals surface area contributed by atoms with E-state index in [9.17, 15) is 0 Å². The van der Waals surface area contributed by atoms with Crippen molar-refractivity contribution in [2.45, 2.75) is 45.1 Å². The quantitative estimate of drug-likeness (QED) is 0.721. The highest BCUT2D eigenvalue weighted by Gasteiger charge is 2.24. The molecule has 0 unspecified atom stereocenters. The van der Waals surface area contributed by atoms with Gasteiger partial charge in [0.2, 0.25) is 0 Å². The highest BCUT2D eigenvalue weighted by molar-refractivity contribution is 5.16. The lowest BCUT2D eigenvalue weighted by molar-refractivity contribution is 0.277. The summed E-state index contributed by atoms with van der Waals surface area (Å²) in [6.07, 6.45) is 6.36. The van der Waals surface area contributed by atoms with Gasteiger partial charge in [-0.2, -0.15) is 0 Å². The molecule has 1 heterocycles. The molecule has 0 aromatic carbocycles. The van der Waals surface area contributed by atoms with Crippen molar-refractivity contribution >= 4 is 0 Å². The number of nitrogens with zero attached hydrogens (tertiary/aromatic N) is 2. The van der Waals surface area contributed by atoms with Gasteiger partial charge in [-0.15, -0.1) is 0 Å². The van der Waals surface area contributed by atoms with Crippen LogP contribution in [0.2, 0.25) is 0 Å². The Balaban J connectivity index is 2.08. The molecular formula is C11H16N2O. The SMILES string of the molecule is CC(C)(C)c1cnc(OC2CC2)nc1. The maximum Gasteiger partial charge on any atom is 0.316 e. The maximum atomic E-state index is 5.47. The van der Waals surface area contributed by atoms with E-state index in [4.69, 9.17) is 4.74 Å². The van der Waals surface area contributed by atoms with Crippen LogP contribution in [0.4, 0.5) is 0 Å². The van der Waals surface area contributed by atoms with Crippen molar-refractivity contribution in [3.8, 4) is 6.01 Å². The molecule has 1 aliphatic rings. The molecule has 1 aromatic rings. The molecule has 1 aromatic heterocycles. The Bertz CT molecular complexity index is 309. The lowest BCUT2D eigenvalue weighted by atomic mass is 9.89. The highest BCUT2D eigenvalue weighted by atomic mass is 16.5. The van der Waals surface area contributed by atoms with Gasteiger partial charge in [0.1, 0.15) is 6.10 Å². The Morgan fingerprint density at radius 2 is 1.79 bits per heavy atom. The van der Waals surface area contributed by atoms with E-state index in [1.54, 1.807) is 0 Å². The van der Waals surface area contributed by atoms with Crippen molar-refractivity contribution in [3.63, 3.8) is 0 Å². The third-order valence-electron chi connectivity index (χ3n) is 2.29. The third-order valence-corrected chi connectivity index (χ3v) is 2.29. The smallest absolute Gasteiger partial charge is 0.316 e. The molecule has 3 heteroatoms. The first-order valence-corrected chi connectivity index (χ1v) is 5.05. The Morgan fingerprint density at radius 1 is 1.21 bits per heavy atom. The molecule has 1 aliphatic carbocycles. The van der Waals surface area contributed by atoms with E-state index in [0.29, 0.717) is 12.1 Å². The minimum absolute atomic E-state index is 0.109. The summed E-state index contributed by atoms with van der Waals surface area (Å²) in [5.74, 6) is 0. The van der Waals surface area contributed by atoms with Crippen molar-refractivity contribution in [3.05, 3.63) is 18.0 Å². The average molecular weight is 192 g/mol. The molecule has 0 N–H and O–H groups in total. The Hall–Kier alpha value is -1.12. The van der Waals surface area contributed by atoms with Crippen molar-refractivity contribution in [1.29, 1.82) is 0 Å². The van der Waals surface area contributed by atoms with E-state index in [2.05, 4.69) is 30.7 Å². The summed E-state index contributed by atoms with van der Waals surface area (Å²) in [5, 5.41) is 0. The minimum Gasteiger partial charge on any atom is -0.460 e. The fourth-order valence-corrected chi connectivity index (χ4v) is 1.10. The van der Waals surface area contributed by atoms with Crippen LogP contribution < -0.4 is 4.74 Å². The van der Waals surface area contributed by atoms with Gasteiger partial charge in [0.05, 0.1) is 0 Å². The molecule has 3 nitrogen and oxygen atoms in total. The summed E-state index contributed by atoms with van der Waals surface area (Å²) >= 11 is 0. The fourth-order valence-electron chi connectivity index (χ4n) is 1.10. The minimum atomic E-state index is 0.109. The van der Waals surface area contributed by atoms with Crippen LogP contribution in [-0.4, -0.2) is 16.1 Å². The first kappa shape index (κ1) is 9.44. The van der Waals surface area contributed by atoms with Gasteiger partial charge in [0, 0.05) is 12.4 Å². The van der Waals surface area contributed by atoms with E-state index in [1.807, 2.05) is 12.4 Å². The number of ether oxygens (including phenoxy) is 1. The molecule has 0 atom stereocenters. The lowest BCUT2D eigenvalue weighted by Crippen LogP contribution is -2.12. The predicted octanol–water partition coefficient (Wildman–Crippen LogP) is 2.32. The normalized spacial score (nSPS) is 16.8. The molecule has 1 saturated carbocycles. The molecule has 14 heavy (non-hydrogen) atoms. The molecule has 1 fully saturated rings. The predicted molar refractivity (Wildman–Crippen MR) is 54.4 cm³/mol.